The Hall–Kier alpha value is -2.08. The van der Waals surface area contributed by atoms with Gasteiger partial charge in [-0.2, -0.15) is 0 Å². The lowest BCUT2D eigenvalue weighted by atomic mass is 10.2. The number of amides is 1. The van der Waals surface area contributed by atoms with Gasteiger partial charge in [0.15, 0.2) is 6.61 Å². The third-order valence-corrected chi connectivity index (χ3v) is 2.28. The van der Waals surface area contributed by atoms with Crippen molar-refractivity contribution in [3.63, 3.8) is 0 Å². The van der Waals surface area contributed by atoms with Gasteiger partial charge in [0.2, 0.25) is 0 Å². The lowest BCUT2D eigenvalue weighted by Gasteiger charge is -2.12. The van der Waals surface area contributed by atoms with Crippen molar-refractivity contribution in [2.75, 3.05) is 20.3 Å². The molecular formula is C13H17NO5. The molecule has 1 aromatic carbocycles. The molecule has 1 unspecified atom stereocenters. The topological polar surface area (TPSA) is 84.9 Å². The van der Waals surface area contributed by atoms with Crippen LogP contribution in [-0.4, -0.2) is 43.3 Å². The van der Waals surface area contributed by atoms with E-state index < -0.39 is 18.5 Å². The van der Waals surface area contributed by atoms with Crippen LogP contribution in [0.25, 0.3) is 0 Å². The lowest BCUT2D eigenvalue weighted by Crippen LogP contribution is -2.38. The summed E-state index contributed by atoms with van der Waals surface area (Å²) in [7, 11) is 1.53. The molecule has 1 aromatic rings. The number of phenols is 1. The number of aromatic hydroxyl groups is 1. The maximum absolute atomic E-state index is 11.6. The number of carbonyl (C=O) groups is 2. The van der Waals surface area contributed by atoms with Crippen LogP contribution in [0.2, 0.25) is 0 Å². The maximum atomic E-state index is 11.6. The fourth-order valence-corrected chi connectivity index (χ4v) is 1.46. The fourth-order valence-electron chi connectivity index (χ4n) is 1.46. The molecule has 104 valence electrons. The summed E-state index contributed by atoms with van der Waals surface area (Å²) in [5.74, 6) is -1.35. The largest absolute Gasteiger partial charge is 0.507 e. The molecule has 0 aliphatic rings. The Morgan fingerprint density at radius 1 is 1.37 bits per heavy atom. The molecule has 1 rings (SSSR count). The zero-order valence-corrected chi connectivity index (χ0v) is 10.9. The van der Waals surface area contributed by atoms with Crippen molar-refractivity contribution < 1.29 is 24.2 Å². The molecule has 0 aromatic heterocycles. The zero-order chi connectivity index (χ0) is 14.3. The Kier molecular flexibility index (Phi) is 5.81. The van der Waals surface area contributed by atoms with Gasteiger partial charge in [-0.05, 0) is 19.1 Å². The summed E-state index contributed by atoms with van der Waals surface area (Å²) in [5.41, 5.74) is 0.0280. The molecule has 0 aliphatic carbocycles. The second kappa shape index (κ2) is 7.38. The molecule has 0 saturated carbocycles. The van der Waals surface area contributed by atoms with Crippen LogP contribution in [0, 0.1) is 0 Å². The molecule has 1 atom stereocenters. The molecule has 0 bridgehead atoms. The molecule has 0 saturated heterocycles. The van der Waals surface area contributed by atoms with Gasteiger partial charge in [0, 0.05) is 13.2 Å². The van der Waals surface area contributed by atoms with E-state index in [0.717, 1.165) is 0 Å². The molecule has 6 heteroatoms. The van der Waals surface area contributed by atoms with Crippen molar-refractivity contribution in [3.05, 3.63) is 29.8 Å². The molecule has 0 aliphatic heterocycles. The van der Waals surface area contributed by atoms with E-state index in [2.05, 4.69) is 5.32 Å². The second-order valence-electron chi connectivity index (χ2n) is 4.02. The van der Waals surface area contributed by atoms with E-state index in [4.69, 9.17) is 9.47 Å². The van der Waals surface area contributed by atoms with Gasteiger partial charge in [-0.1, -0.05) is 12.1 Å². The Labute approximate surface area is 111 Å². The average molecular weight is 267 g/mol. The summed E-state index contributed by atoms with van der Waals surface area (Å²) < 4.78 is 9.66. The van der Waals surface area contributed by atoms with Crippen LogP contribution in [0.1, 0.15) is 17.3 Å². The molecule has 0 radical (unpaired) electrons. The van der Waals surface area contributed by atoms with Crippen molar-refractivity contribution in [1.29, 1.82) is 0 Å². The summed E-state index contributed by atoms with van der Waals surface area (Å²) in [4.78, 5) is 23.0. The van der Waals surface area contributed by atoms with E-state index in [0.29, 0.717) is 6.61 Å². The highest BCUT2D eigenvalue weighted by Gasteiger charge is 2.14. The first-order valence-corrected chi connectivity index (χ1v) is 5.78. The van der Waals surface area contributed by atoms with Crippen LogP contribution in [0.3, 0.4) is 0 Å². The van der Waals surface area contributed by atoms with Gasteiger partial charge in [-0.25, -0.2) is 4.79 Å². The van der Waals surface area contributed by atoms with Gasteiger partial charge in [-0.15, -0.1) is 0 Å². The Morgan fingerprint density at radius 3 is 2.68 bits per heavy atom. The molecule has 0 heterocycles. The third-order valence-electron chi connectivity index (χ3n) is 2.28. The SMILES string of the molecule is COCC(C)NC(=O)COC(=O)c1ccccc1O. The van der Waals surface area contributed by atoms with Gasteiger partial charge < -0.3 is 19.9 Å². The van der Waals surface area contributed by atoms with Crippen molar-refractivity contribution in [2.45, 2.75) is 13.0 Å². The number of hydrogen-bond donors (Lipinski definition) is 2. The van der Waals surface area contributed by atoms with Crippen LogP contribution in [-0.2, 0) is 14.3 Å². The number of para-hydroxylation sites is 1. The molecule has 19 heavy (non-hydrogen) atoms. The van der Waals surface area contributed by atoms with Gasteiger partial charge in [-0.3, -0.25) is 4.79 Å². The number of nitrogens with one attached hydrogen (secondary N) is 1. The van der Waals surface area contributed by atoms with Crippen molar-refractivity contribution in [1.82, 2.24) is 5.32 Å². The summed E-state index contributed by atoms with van der Waals surface area (Å²) in [6.45, 7) is 1.74. The lowest BCUT2D eigenvalue weighted by molar-refractivity contribution is -0.125. The van der Waals surface area contributed by atoms with Gasteiger partial charge in [0.05, 0.1) is 6.61 Å². The van der Waals surface area contributed by atoms with Gasteiger partial charge in [0.25, 0.3) is 5.91 Å². The Balaban J connectivity index is 2.42. The third kappa shape index (κ3) is 4.97. The first kappa shape index (κ1) is 15.0. The molecule has 2 N–H and O–H groups in total. The van der Waals surface area contributed by atoms with E-state index in [1.54, 1.807) is 19.1 Å². The van der Waals surface area contributed by atoms with E-state index >= 15 is 0 Å². The van der Waals surface area contributed by atoms with Crippen LogP contribution < -0.4 is 5.32 Å². The number of hydrogen-bond acceptors (Lipinski definition) is 5. The van der Waals surface area contributed by atoms with Crippen LogP contribution >= 0.6 is 0 Å². The standard InChI is InChI=1S/C13H17NO5/c1-9(7-18-2)14-12(16)8-19-13(17)10-5-3-4-6-11(10)15/h3-6,9,15H,7-8H2,1-2H3,(H,14,16). The predicted molar refractivity (Wildman–Crippen MR) is 67.9 cm³/mol. The smallest absolute Gasteiger partial charge is 0.342 e. The van der Waals surface area contributed by atoms with Crippen LogP contribution in [0.15, 0.2) is 24.3 Å². The Bertz CT molecular complexity index is 446. The molecule has 6 nitrogen and oxygen atoms in total. The number of esters is 1. The second-order valence-corrected chi connectivity index (χ2v) is 4.02. The highest BCUT2D eigenvalue weighted by Crippen LogP contribution is 2.16. The van der Waals surface area contributed by atoms with Crippen LogP contribution in [0.5, 0.6) is 5.75 Å². The minimum Gasteiger partial charge on any atom is -0.507 e. The number of ether oxygens (including phenoxy) is 2. The van der Waals surface area contributed by atoms with Crippen molar-refractivity contribution in [2.24, 2.45) is 0 Å². The van der Waals surface area contributed by atoms with Crippen LogP contribution in [0.4, 0.5) is 0 Å². The normalized spacial score (nSPS) is 11.7. The fraction of sp³-hybridized carbons (Fsp3) is 0.385. The molecular weight excluding hydrogens is 250 g/mol. The van der Waals surface area contributed by atoms with E-state index in [1.807, 2.05) is 0 Å². The summed E-state index contributed by atoms with van der Waals surface area (Å²) in [6.07, 6.45) is 0. The zero-order valence-electron chi connectivity index (χ0n) is 10.9. The molecule has 0 spiro atoms. The minimum absolute atomic E-state index is 0.0280. The van der Waals surface area contributed by atoms with Gasteiger partial charge >= 0.3 is 5.97 Å². The number of methoxy groups -OCH3 is 1. The molecule has 0 fully saturated rings. The summed E-state index contributed by atoms with van der Waals surface area (Å²) in [5, 5.41) is 12.0. The Morgan fingerprint density at radius 2 is 2.05 bits per heavy atom. The first-order chi connectivity index (χ1) is 9.04. The summed E-state index contributed by atoms with van der Waals surface area (Å²) in [6, 6.07) is 5.81. The van der Waals surface area contributed by atoms with Crippen molar-refractivity contribution in [3.8, 4) is 5.75 Å². The number of benzene rings is 1. The summed E-state index contributed by atoms with van der Waals surface area (Å²) >= 11 is 0. The highest BCUT2D eigenvalue weighted by atomic mass is 16.5. The minimum atomic E-state index is -0.743. The number of carbonyl (C=O) groups excluding carboxylic acids is 2. The van der Waals surface area contributed by atoms with E-state index in [-0.39, 0.29) is 17.4 Å². The number of rotatable bonds is 6. The number of phenolic OH excluding ortho intramolecular Hbond substituents is 1. The monoisotopic (exact) mass is 267 g/mol. The van der Waals surface area contributed by atoms with Crippen molar-refractivity contribution >= 4 is 11.9 Å². The highest BCUT2D eigenvalue weighted by molar-refractivity contribution is 5.93. The molecule has 1 amide bonds. The first-order valence-electron chi connectivity index (χ1n) is 5.78. The average Bonchev–Trinajstić information content (AvgIpc) is 2.36. The quantitative estimate of drug-likeness (QED) is 0.741. The van der Waals surface area contributed by atoms with Gasteiger partial charge in [0.1, 0.15) is 11.3 Å². The maximum Gasteiger partial charge on any atom is 0.342 e. The predicted octanol–water partition coefficient (Wildman–Crippen LogP) is 0.700. The van der Waals surface area contributed by atoms with E-state index in [1.165, 1.54) is 19.2 Å². The van der Waals surface area contributed by atoms with E-state index in [9.17, 15) is 14.7 Å².